The average Bonchev–Trinajstić information content (AvgIpc) is 2.75. The van der Waals surface area contributed by atoms with Crippen molar-refractivity contribution in [2.24, 2.45) is 0 Å². The minimum absolute atomic E-state index is 0.0315. The first-order valence-corrected chi connectivity index (χ1v) is 9.90. The van der Waals surface area contributed by atoms with Gasteiger partial charge in [0, 0.05) is 17.5 Å². The zero-order chi connectivity index (χ0) is 24.8. The minimum atomic E-state index is -6.07. The van der Waals surface area contributed by atoms with Crippen LogP contribution >= 0.6 is 0 Å². The Bertz CT molecular complexity index is 1230. The van der Waals surface area contributed by atoms with Crippen molar-refractivity contribution in [3.8, 4) is 11.5 Å². The molecular formula is C22H21F6NO4. The van der Waals surface area contributed by atoms with Crippen LogP contribution in [0.15, 0.2) is 35.1 Å². The molecule has 33 heavy (non-hydrogen) atoms. The van der Waals surface area contributed by atoms with E-state index in [0.29, 0.717) is 25.0 Å². The predicted molar refractivity (Wildman–Crippen MR) is 110 cm³/mol. The number of nitrogens with zero attached hydrogens (tertiary/aromatic N) is 1. The molecule has 1 N–H and O–H groups in total. The van der Waals surface area contributed by atoms with E-state index in [1.54, 1.807) is 0 Å². The number of pyridine rings is 1. The Balaban J connectivity index is 2.56. The molecule has 0 atom stereocenters. The van der Waals surface area contributed by atoms with E-state index in [-0.39, 0.29) is 34.0 Å². The topological polar surface area (TPSA) is 60.7 Å². The number of alkyl halides is 6. The SMILES string of the molecule is CCCCn1c(=O)c2cc(OC)ccc2c2cc(C(O)(C(F)(F)F)C(F)(F)F)cc(OC)c21. The van der Waals surface area contributed by atoms with Crippen LogP contribution in [0.25, 0.3) is 21.7 Å². The molecule has 3 rings (SSSR count). The lowest BCUT2D eigenvalue weighted by molar-refractivity contribution is -0.376. The Morgan fingerprint density at radius 1 is 0.909 bits per heavy atom. The summed E-state index contributed by atoms with van der Waals surface area (Å²) in [6, 6.07) is 5.23. The molecule has 0 aliphatic carbocycles. The van der Waals surface area contributed by atoms with Crippen molar-refractivity contribution >= 4 is 21.7 Å². The molecular weight excluding hydrogens is 456 g/mol. The van der Waals surface area contributed by atoms with Crippen LogP contribution in [0.1, 0.15) is 25.3 Å². The van der Waals surface area contributed by atoms with Crippen molar-refractivity contribution in [3.05, 3.63) is 46.2 Å². The molecule has 1 heterocycles. The number of unbranched alkanes of at least 4 members (excludes halogenated alkanes) is 1. The van der Waals surface area contributed by atoms with Gasteiger partial charge in [0.1, 0.15) is 11.5 Å². The first kappa shape index (κ1) is 24.7. The van der Waals surface area contributed by atoms with E-state index >= 15 is 0 Å². The molecule has 0 unspecified atom stereocenters. The third-order valence-corrected chi connectivity index (χ3v) is 5.53. The van der Waals surface area contributed by atoms with Gasteiger partial charge in [0.25, 0.3) is 11.2 Å². The van der Waals surface area contributed by atoms with Gasteiger partial charge in [0.2, 0.25) is 0 Å². The first-order chi connectivity index (χ1) is 15.3. The molecule has 180 valence electrons. The van der Waals surface area contributed by atoms with Gasteiger partial charge in [0.15, 0.2) is 0 Å². The second kappa shape index (κ2) is 8.44. The van der Waals surface area contributed by atoms with Crippen LogP contribution in [0, 0.1) is 0 Å². The molecule has 0 aliphatic rings. The predicted octanol–water partition coefficient (Wildman–Crippen LogP) is 5.28. The Morgan fingerprint density at radius 2 is 1.55 bits per heavy atom. The number of fused-ring (bicyclic) bond motifs is 3. The van der Waals surface area contributed by atoms with Gasteiger partial charge in [-0.2, -0.15) is 26.3 Å². The summed E-state index contributed by atoms with van der Waals surface area (Å²) >= 11 is 0. The number of aliphatic hydroxyl groups is 1. The largest absolute Gasteiger partial charge is 0.497 e. The lowest BCUT2D eigenvalue weighted by Crippen LogP contribution is -2.53. The highest BCUT2D eigenvalue weighted by molar-refractivity contribution is 6.08. The summed E-state index contributed by atoms with van der Waals surface area (Å²) in [5, 5.41) is 9.99. The molecule has 0 fully saturated rings. The summed E-state index contributed by atoms with van der Waals surface area (Å²) < 4.78 is 92.9. The standard InChI is InChI=1S/C22H21F6NO4/c1-4-5-8-29-18-15(14-7-6-13(32-2)11-16(14)19(29)30)9-12(10-17(18)33-3)20(31,21(23,24)25)22(26,27)28/h6-7,9-11,31H,4-5,8H2,1-3H3. The van der Waals surface area contributed by atoms with Crippen LogP contribution in [-0.4, -0.2) is 36.2 Å². The average molecular weight is 477 g/mol. The molecule has 0 amide bonds. The maximum absolute atomic E-state index is 13.6. The quantitative estimate of drug-likeness (QED) is 0.388. The number of benzene rings is 2. The van der Waals surface area contributed by atoms with Crippen molar-refractivity contribution < 1.29 is 40.9 Å². The molecule has 0 aliphatic heterocycles. The second-order valence-corrected chi connectivity index (χ2v) is 7.50. The molecule has 1 aromatic heterocycles. The number of aromatic nitrogens is 1. The molecule has 3 aromatic rings. The van der Waals surface area contributed by atoms with Crippen LogP contribution in [0.3, 0.4) is 0 Å². The van der Waals surface area contributed by atoms with Gasteiger partial charge in [-0.05, 0) is 42.1 Å². The van der Waals surface area contributed by atoms with Gasteiger partial charge in [-0.3, -0.25) is 4.79 Å². The van der Waals surface area contributed by atoms with Crippen LogP contribution < -0.4 is 15.0 Å². The molecule has 0 saturated heterocycles. The zero-order valence-corrected chi connectivity index (χ0v) is 17.9. The van der Waals surface area contributed by atoms with Crippen molar-refractivity contribution in [2.45, 2.75) is 44.3 Å². The van der Waals surface area contributed by atoms with E-state index in [1.165, 1.54) is 29.9 Å². The Labute approximate surface area is 184 Å². The molecule has 5 nitrogen and oxygen atoms in total. The maximum Gasteiger partial charge on any atom is 0.430 e. The molecule has 0 saturated carbocycles. The van der Waals surface area contributed by atoms with E-state index < -0.39 is 34.8 Å². The van der Waals surface area contributed by atoms with Gasteiger partial charge >= 0.3 is 12.4 Å². The van der Waals surface area contributed by atoms with Crippen molar-refractivity contribution in [2.75, 3.05) is 14.2 Å². The van der Waals surface area contributed by atoms with Crippen molar-refractivity contribution in [1.29, 1.82) is 0 Å². The summed E-state index contributed by atoms with van der Waals surface area (Å²) in [5.41, 5.74) is -7.09. The Kier molecular flexibility index (Phi) is 6.31. The number of aryl methyl sites for hydroxylation is 1. The summed E-state index contributed by atoms with van der Waals surface area (Å²) in [7, 11) is 2.41. The Morgan fingerprint density at radius 3 is 2.06 bits per heavy atom. The van der Waals surface area contributed by atoms with Crippen LogP contribution in [0.2, 0.25) is 0 Å². The highest BCUT2D eigenvalue weighted by Crippen LogP contribution is 2.51. The fourth-order valence-electron chi connectivity index (χ4n) is 3.78. The van der Waals surface area contributed by atoms with E-state index in [9.17, 15) is 36.2 Å². The third kappa shape index (κ3) is 3.88. The fraction of sp³-hybridized carbons (Fsp3) is 0.409. The van der Waals surface area contributed by atoms with E-state index in [2.05, 4.69) is 0 Å². The number of hydrogen-bond donors (Lipinski definition) is 1. The smallest absolute Gasteiger partial charge is 0.430 e. The second-order valence-electron chi connectivity index (χ2n) is 7.50. The minimum Gasteiger partial charge on any atom is -0.497 e. The molecule has 0 spiro atoms. The van der Waals surface area contributed by atoms with Gasteiger partial charge in [-0.15, -0.1) is 0 Å². The zero-order valence-electron chi connectivity index (χ0n) is 17.9. The van der Waals surface area contributed by atoms with Crippen LogP contribution in [-0.2, 0) is 12.1 Å². The van der Waals surface area contributed by atoms with E-state index in [4.69, 9.17) is 9.47 Å². The van der Waals surface area contributed by atoms with Crippen molar-refractivity contribution in [1.82, 2.24) is 4.57 Å². The van der Waals surface area contributed by atoms with Crippen LogP contribution in [0.4, 0.5) is 26.3 Å². The van der Waals surface area contributed by atoms with Gasteiger partial charge in [-0.1, -0.05) is 13.3 Å². The van der Waals surface area contributed by atoms with Gasteiger partial charge in [0.05, 0.1) is 25.1 Å². The highest BCUT2D eigenvalue weighted by atomic mass is 19.4. The van der Waals surface area contributed by atoms with E-state index in [0.717, 1.165) is 7.11 Å². The van der Waals surface area contributed by atoms with Gasteiger partial charge < -0.3 is 19.1 Å². The number of halogens is 6. The van der Waals surface area contributed by atoms with Crippen LogP contribution in [0.5, 0.6) is 11.5 Å². The highest BCUT2D eigenvalue weighted by Gasteiger charge is 2.71. The fourth-order valence-corrected chi connectivity index (χ4v) is 3.78. The normalized spacial score (nSPS) is 13.0. The number of ether oxygens (including phenoxy) is 2. The molecule has 11 heteroatoms. The van der Waals surface area contributed by atoms with Gasteiger partial charge in [-0.25, -0.2) is 0 Å². The third-order valence-electron chi connectivity index (χ3n) is 5.53. The summed E-state index contributed by atoms with van der Waals surface area (Å²) in [6.45, 7) is 2.01. The Hall–Kier alpha value is -2.95. The molecule has 2 aromatic carbocycles. The monoisotopic (exact) mass is 477 g/mol. The first-order valence-electron chi connectivity index (χ1n) is 9.90. The molecule has 0 bridgehead atoms. The number of rotatable bonds is 6. The van der Waals surface area contributed by atoms with Crippen molar-refractivity contribution in [3.63, 3.8) is 0 Å². The number of methoxy groups -OCH3 is 2. The summed E-state index contributed by atoms with van der Waals surface area (Å²) in [6.07, 6.45) is -10.9. The van der Waals surface area contributed by atoms with E-state index in [1.807, 2.05) is 6.92 Å². The number of hydrogen-bond acceptors (Lipinski definition) is 4. The summed E-state index contributed by atoms with van der Waals surface area (Å²) in [4.78, 5) is 13.2. The lowest BCUT2D eigenvalue weighted by atomic mass is 9.89. The maximum atomic E-state index is 13.6. The summed E-state index contributed by atoms with van der Waals surface area (Å²) in [5.74, 6) is -0.119. The lowest BCUT2D eigenvalue weighted by Gasteiger charge is -2.33. The molecule has 0 radical (unpaired) electrons.